The summed E-state index contributed by atoms with van der Waals surface area (Å²) >= 11 is 0. The van der Waals surface area contributed by atoms with E-state index in [1.165, 1.54) is 7.11 Å². The van der Waals surface area contributed by atoms with E-state index < -0.39 is 14.0 Å². The maximum absolute atomic E-state index is 12.2. The number of carbonyl (C=O) groups is 2. The summed E-state index contributed by atoms with van der Waals surface area (Å²) in [5.74, 6) is 2.63. The lowest BCUT2D eigenvalue weighted by molar-refractivity contribution is 0.0600. The molecule has 1 rings (SSSR count). The average molecular weight is 374 g/mol. The van der Waals surface area contributed by atoms with Crippen molar-refractivity contribution in [2.24, 2.45) is 0 Å². The van der Waals surface area contributed by atoms with Crippen LogP contribution in [0.3, 0.4) is 0 Å². The first kappa shape index (κ1) is 22.0. The van der Waals surface area contributed by atoms with Crippen molar-refractivity contribution in [3.8, 4) is 11.5 Å². The zero-order valence-electron chi connectivity index (χ0n) is 17.2. The first-order valence-corrected chi connectivity index (χ1v) is 11.3. The third-order valence-electron chi connectivity index (χ3n) is 5.19. The molecule has 1 aromatic rings. The monoisotopic (exact) mass is 373 g/mol. The van der Waals surface area contributed by atoms with Gasteiger partial charge in [0.2, 0.25) is 0 Å². The van der Waals surface area contributed by atoms with E-state index in [9.17, 15) is 9.59 Å². The van der Waals surface area contributed by atoms with Gasteiger partial charge in [0.05, 0.1) is 18.2 Å². The quantitative estimate of drug-likeness (QED) is 0.473. The number of carbonyl (C=O) groups excluding carboxylic acids is 2. The predicted octanol–water partition coefficient (Wildman–Crippen LogP) is 4.40. The Morgan fingerprint density at radius 1 is 1.04 bits per heavy atom. The molecule has 1 amide bonds. The summed E-state index contributed by atoms with van der Waals surface area (Å²) in [4.78, 5) is 24.1. The minimum Gasteiger partial charge on any atom is -0.465 e. The molecule has 0 fully saturated rings. The van der Waals surface area contributed by atoms with Gasteiger partial charge in [0.25, 0.3) is 5.91 Å². The van der Waals surface area contributed by atoms with Gasteiger partial charge in [0, 0.05) is 12.6 Å². The second-order valence-electron chi connectivity index (χ2n) is 7.48. The van der Waals surface area contributed by atoms with Crippen molar-refractivity contribution in [2.75, 3.05) is 14.2 Å². The highest BCUT2D eigenvalue weighted by Gasteiger charge is 2.41. The molecule has 4 nitrogen and oxygen atoms in total. The zero-order valence-corrected chi connectivity index (χ0v) is 18.2. The fourth-order valence-electron chi connectivity index (χ4n) is 3.83. The largest absolute Gasteiger partial charge is 0.465 e. The van der Waals surface area contributed by atoms with Crippen molar-refractivity contribution in [1.82, 2.24) is 5.32 Å². The second kappa shape index (κ2) is 9.04. The molecule has 0 saturated heterocycles. The number of nitrogens with one attached hydrogen (secondary N) is 1. The van der Waals surface area contributed by atoms with Crippen LogP contribution >= 0.6 is 0 Å². The van der Waals surface area contributed by atoms with Gasteiger partial charge in [0.1, 0.15) is 8.07 Å². The standard InChI is InChI=1S/C21H31NO3Si/c1-14(2)26(15(3)4,16(5)6)12-11-17-13-18(21(24)25-8)9-10-19(17)20(23)22-7/h9-10,13-16H,1-8H3,(H,22,23). The van der Waals surface area contributed by atoms with Crippen LogP contribution in [0.1, 0.15) is 67.8 Å². The van der Waals surface area contributed by atoms with E-state index in [-0.39, 0.29) is 5.91 Å². The molecule has 0 aliphatic carbocycles. The van der Waals surface area contributed by atoms with Crippen molar-refractivity contribution < 1.29 is 14.3 Å². The molecule has 0 unspecified atom stereocenters. The molecule has 0 saturated carbocycles. The summed E-state index contributed by atoms with van der Waals surface area (Å²) in [5, 5.41) is 2.64. The van der Waals surface area contributed by atoms with Crippen LogP contribution in [0.5, 0.6) is 0 Å². The Morgan fingerprint density at radius 2 is 1.58 bits per heavy atom. The number of amides is 1. The topological polar surface area (TPSA) is 55.4 Å². The van der Waals surface area contributed by atoms with Gasteiger partial charge in [-0.05, 0) is 34.8 Å². The summed E-state index contributed by atoms with van der Waals surface area (Å²) in [5.41, 5.74) is 6.52. The maximum atomic E-state index is 12.2. The predicted molar refractivity (Wildman–Crippen MR) is 109 cm³/mol. The molecular weight excluding hydrogens is 342 g/mol. The molecule has 5 heteroatoms. The third-order valence-corrected chi connectivity index (χ3v) is 11.5. The van der Waals surface area contributed by atoms with Gasteiger partial charge in [-0.15, -0.1) is 5.54 Å². The Labute approximate surface area is 158 Å². The van der Waals surface area contributed by atoms with Crippen LogP contribution in [-0.2, 0) is 4.74 Å². The van der Waals surface area contributed by atoms with E-state index in [1.54, 1.807) is 25.2 Å². The number of ether oxygens (including phenoxy) is 1. The van der Waals surface area contributed by atoms with Crippen molar-refractivity contribution in [3.05, 3.63) is 34.9 Å². The highest BCUT2D eigenvalue weighted by molar-refractivity contribution is 6.90. The van der Waals surface area contributed by atoms with Gasteiger partial charge in [-0.25, -0.2) is 4.79 Å². The van der Waals surface area contributed by atoms with Crippen LogP contribution in [-0.4, -0.2) is 34.1 Å². The number of hydrogen-bond donors (Lipinski definition) is 1. The molecule has 1 aromatic carbocycles. The van der Waals surface area contributed by atoms with Crippen LogP contribution in [0.2, 0.25) is 16.6 Å². The molecule has 0 bridgehead atoms. The summed E-state index contributed by atoms with van der Waals surface area (Å²) < 4.78 is 4.80. The van der Waals surface area contributed by atoms with Crippen molar-refractivity contribution in [2.45, 2.75) is 58.2 Å². The van der Waals surface area contributed by atoms with E-state index in [0.717, 1.165) is 0 Å². The van der Waals surface area contributed by atoms with Crippen LogP contribution in [0.4, 0.5) is 0 Å². The SMILES string of the molecule is CNC(=O)c1ccc(C(=O)OC)cc1C#C[Si](C(C)C)(C(C)C)C(C)C. The maximum Gasteiger partial charge on any atom is 0.337 e. The Bertz CT molecular complexity index is 705. The minimum absolute atomic E-state index is 0.211. The van der Waals surface area contributed by atoms with E-state index in [0.29, 0.717) is 33.3 Å². The molecule has 1 N–H and O–H groups in total. The van der Waals surface area contributed by atoms with Crippen molar-refractivity contribution in [3.63, 3.8) is 0 Å². The van der Waals surface area contributed by atoms with Gasteiger partial charge in [-0.1, -0.05) is 47.5 Å². The van der Waals surface area contributed by atoms with Crippen LogP contribution in [0.25, 0.3) is 0 Å². The second-order valence-corrected chi connectivity index (χ2v) is 13.1. The molecule has 142 valence electrons. The molecular formula is C21H31NO3Si. The fraction of sp³-hybridized carbons (Fsp3) is 0.524. The van der Waals surface area contributed by atoms with Crippen molar-refractivity contribution >= 4 is 20.0 Å². The van der Waals surface area contributed by atoms with Gasteiger partial charge < -0.3 is 10.1 Å². The summed E-state index contributed by atoms with van der Waals surface area (Å²) in [6, 6.07) is 4.89. The lowest BCUT2D eigenvalue weighted by Crippen LogP contribution is -2.43. The lowest BCUT2D eigenvalue weighted by Gasteiger charge is -2.38. The fourth-order valence-corrected chi connectivity index (χ4v) is 9.05. The van der Waals surface area contributed by atoms with E-state index in [4.69, 9.17) is 4.74 Å². The Morgan fingerprint density at radius 3 is 2.00 bits per heavy atom. The summed E-state index contributed by atoms with van der Waals surface area (Å²) in [7, 11) is 0.988. The Balaban J connectivity index is 3.61. The third kappa shape index (κ3) is 4.36. The Kier molecular flexibility index (Phi) is 7.64. The number of methoxy groups -OCH3 is 1. The lowest BCUT2D eigenvalue weighted by atomic mass is 10.0. The van der Waals surface area contributed by atoms with Gasteiger partial charge in [-0.2, -0.15) is 0 Å². The Hall–Kier alpha value is -2.06. The number of benzene rings is 1. The normalized spacial score (nSPS) is 11.3. The molecule has 0 aromatic heterocycles. The molecule has 0 spiro atoms. The first-order valence-electron chi connectivity index (χ1n) is 9.09. The zero-order chi connectivity index (χ0) is 20.1. The molecule has 0 atom stereocenters. The molecule has 0 radical (unpaired) electrons. The number of hydrogen-bond acceptors (Lipinski definition) is 3. The number of esters is 1. The van der Waals surface area contributed by atoms with E-state index in [2.05, 4.69) is 58.3 Å². The molecule has 0 aliphatic rings. The highest BCUT2D eigenvalue weighted by atomic mass is 28.3. The van der Waals surface area contributed by atoms with Gasteiger partial charge >= 0.3 is 5.97 Å². The van der Waals surface area contributed by atoms with Crippen molar-refractivity contribution in [1.29, 1.82) is 0 Å². The minimum atomic E-state index is -1.94. The first-order chi connectivity index (χ1) is 12.1. The molecule has 0 aliphatic heterocycles. The average Bonchev–Trinajstić information content (AvgIpc) is 2.59. The highest BCUT2D eigenvalue weighted by Crippen LogP contribution is 2.40. The van der Waals surface area contributed by atoms with E-state index in [1.807, 2.05) is 0 Å². The van der Waals surface area contributed by atoms with Crippen LogP contribution in [0.15, 0.2) is 18.2 Å². The smallest absolute Gasteiger partial charge is 0.337 e. The summed E-state index contributed by atoms with van der Waals surface area (Å²) in [6.07, 6.45) is 0. The molecule has 26 heavy (non-hydrogen) atoms. The molecule has 0 heterocycles. The van der Waals surface area contributed by atoms with Gasteiger partial charge in [-0.3, -0.25) is 4.79 Å². The van der Waals surface area contributed by atoms with E-state index >= 15 is 0 Å². The van der Waals surface area contributed by atoms with Crippen LogP contribution in [0, 0.1) is 11.5 Å². The van der Waals surface area contributed by atoms with Gasteiger partial charge in [0.15, 0.2) is 0 Å². The summed E-state index contributed by atoms with van der Waals surface area (Å²) in [6.45, 7) is 13.4. The van der Waals surface area contributed by atoms with Crippen LogP contribution < -0.4 is 5.32 Å². The number of rotatable bonds is 5.